The fourth-order valence-corrected chi connectivity index (χ4v) is 3.03. The zero-order chi connectivity index (χ0) is 18.4. The van der Waals surface area contributed by atoms with Crippen LogP contribution in [0.25, 0.3) is 0 Å². The first-order valence-corrected chi connectivity index (χ1v) is 8.99. The van der Waals surface area contributed by atoms with Crippen molar-refractivity contribution in [3.63, 3.8) is 0 Å². The van der Waals surface area contributed by atoms with E-state index in [0.717, 1.165) is 30.0 Å². The minimum atomic E-state index is 0.344. The highest BCUT2D eigenvalue weighted by Crippen LogP contribution is 2.30. The van der Waals surface area contributed by atoms with Gasteiger partial charge in [-0.25, -0.2) is 0 Å². The van der Waals surface area contributed by atoms with Crippen LogP contribution in [-0.2, 0) is 19.7 Å². The minimum absolute atomic E-state index is 0.344. The van der Waals surface area contributed by atoms with Crippen LogP contribution in [0.3, 0.4) is 0 Å². The lowest BCUT2D eigenvalue weighted by atomic mass is 10.2. The summed E-state index contributed by atoms with van der Waals surface area (Å²) in [4.78, 5) is 0. The van der Waals surface area contributed by atoms with Gasteiger partial charge in [0.2, 0.25) is 0 Å². The highest BCUT2D eigenvalue weighted by atomic mass is 35.5. The van der Waals surface area contributed by atoms with Crippen LogP contribution in [0.2, 0.25) is 10.0 Å². The second kappa shape index (κ2) is 8.99. The molecule has 3 aromatic rings. The molecule has 0 fully saturated rings. The number of methoxy groups -OCH3 is 1. The van der Waals surface area contributed by atoms with E-state index in [-0.39, 0.29) is 0 Å². The smallest absolute Gasteiger partial charge is 0.161 e. The Morgan fingerprint density at radius 1 is 1.00 bits per heavy atom. The third kappa shape index (κ3) is 4.94. The van der Waals surface area contributed by atoms with Gasteiger partial charge < -0.3 is 19.2 Å². The Labute approximate surface area is 162 Å². The third-order valence-electron chi connectivity index (χ3n) is 3.93. The second-order valence-electron chi connectivity index (χ2n) is 5.79. The normalized spacial score (nSPS) is 10.7. The van der Waals surface area contributed by atoms with E-state index in [1.54, 1.807) is 25.5 Å². The Hall–Kier alpha value is -2.14. The number of nitrogens with two attached hydrogens (primary N) is 1. The maximum Gasteiger partial charge on any atom is 0.161 e. The Bertz CT molecular complexity index is 850. The van der Waals surface area contributed by atoms with Crippen LogP contribution in [0.15, 0.2) is 59.2 Å². The maximum absolute atomic E-state index is 6.19. The van der Waals surface area contributed by atoms with E-state index in [2.05, 4.69) is 5.32 Å². The summed E-state index contributed by atoms with van der Waals surface area (Å²) in [6.07, 6.45) is 1.69. The molecule has 0 amide bonds. The molecule has 26 heavy (non-hydrogen) atoms. The molecule has 6 heteroatoms. The average molecular weight is 393 g/mol. The summed E-state index contributed by atoms with van der Waals surface area (Å²) in [5.41, 5.74) is 2.01. The molecule has 3 rings (SSSR count). The first kappa shape index (κ1) is 18.6. The molecule has 2 N–H and O–H groups in total. The molecule has 1 aromatic heterocycles. The number of halogens is 2. The molecule has 0 aliphatic carbocycles. The molecule has 1 heterocycles. The number of hydrogen-bond donors (Lipinski definition) is 1. The summed E-state index contributed by atoms with van der Waals surface area (Å²) in [6.45, 7) is 1.96. The van der Waals surface area contributed by atoms with E-state index in [0.29, 0.717) is 28.2 Å². The van der Waals surface area contributed by atoms with Crippen LogP contribution in [0.5, 0.6) is 11.5 Å². The molecule has 136 valence electrons. The van der Waals surface area contributed by atoms with Crippen LogP contribution in [0.4, 0.5) is 0 Å². The predicted molar refractivity (Wildman–Crippen MR) is 102 cm³/mol. The number of ether oxygens (including phenoxy) is 2. The van der Waals surface area contributed by atoms with E-state index in [9.17, 15) is 0 Å². The van der Waals surface area contributed by atoms with Crippen LogP contribution in [0, 0.1) is 0 Å². The molecule has 2 aromatic carbocycles. The number of hydrogen-bond acceptors (Lipinski definition) is 3. The summed E-state index contributed by atoms with van der Waals surface area (Å²) in [5, 5.41) is 3.36. The maximum atomic E-state index is 6.19. The van der Waals surface area contributed by atoms with Gasteiger partial charge in [-0.1, -0.05) is 29.3 Å². The first-order chi connectivity index (χ1) is 12.7. The summed E-state index contributed by atoms with van der Waals surface area (Å²) < 4.78 is 16.7. The highest BCUT2D eigenvalue weighted by molar-refractivity contribution is 6.35. The fraction of sp³-hybridized carbons (Fsp3) is 0.200. The summed E-state index contributed by atoms with van der Waals surface area (Å²) in [5.74, 6) is 2.32. The largest absolute Gasteiger partial charge is 0.493 e. The van der Waals surface area contributed by atoms with Crippen molar-refractivity contribution in [3.05, 3.63) is 81.7 Å². The number of benzene rings is 2. The van der Waals surface area contributed by atoms with Gasteiger partial charge >= 0.3 is 0 Å². The molecule has 0 spiro atoms. The van der Waals surface area contributed by atoms with Crippen LogP contribution >= 0.6 is 23.2 Å². The Balaban J connectivity index is 1.60. The molecule has 0 saturated carbocycles. The van der Waals surface area contributed by atoms with E-state index in [4.69, 9.17) is 37.1 Å². The van der Waals surface area contributed by atoms with Gasteiger partial charge in [-0.05, 0) is 42.5 Å². The summed E-state index contributed by atoms with van der Waals surface area (Å²) in [7, 11) is 1.63. The van der Waals surface area contributed by atoms with Crippen molar-refractivity contribution in [2.24, 2.45) is 0 Å². The van der Waals surface area contributed by atoms with Gasteiger partial charge in [-0.2, -0.15) is 0 Å². The van der Waals surface area contributed by atoms with E-state index >= 15 is 0 Å². The van der Waals surface area contributed by atoms with Crippen molar-refractivity contribution >= 4 is 23.2 Å². The van der Waals surface area contributed by atoms with E-state index < -0.39 is 0 Å². The quantitative estimate of drug-likeness (QED) is 0.616. The molecular formula is C20H20Cl2NO3+. The average Bonchev–Trinajstić information content (AvgIpc) is 3.15. The molecule has 0 saturated heterocycles. The van der Waals surface area contributed by atoms with Crippen molar-refractivity contribution in [3.8, 4) is 11.5 Å². The third-order valence-corrected chi connectivity index (χ3v) is 4.52. The van der Waals surface area contributed by atoms with E-state index in [1.807, 2.05) is 36.4 Å². The lowest BCUT2D eigenvalue weighted by molar-refractivity contribution is -0.688. The number of furan rings is 1. The van der Waals surface area contributed by atoms with Gasteiger partial charge in [0.25, 0.3) is 0 Å². The minimum Gasteiger partial charge on any atom is -0.493 e. The molecule has 0 aliphatic rings. The predicted octanol–water partition coefficient (Wildman–Crippen LogP) is 4.44. The molecule has 0 unspecified atom stereocenters. The zero-order valence-corrected chi connectivity index (χ0v) is 15.9. The first-order valence-electron chi connectivity index (χ1n) is 8.23. The highest BCUT2D eigenvalue weighted by Gasteiger charge is 2.09. The monoisotopic (exact) mass is 392 g/mol. The standard InChI is InChI=1S/C20H19Cl2NO3/c1-24-20-9-14(11-23-12-17-3-2-8-25-17)4-7-19(20)26-13-15-5-6-16(21)10-18(15)22/h2-10,23H,11-13H2,1H3/p+1. The van der Waals surface area contributed by atoms with Gasteiger partial charge in [0, 0.05) is 21.2 Å². The molecule has 0 bridgehead atoms. The zero-order valence-electron chi connectivity index (χ0n) is 14.4. The molecule has 4 nitrogen and oxygen atoms in total. The van der Waals surface area contributed by atoms with Crippen molar-refractivity contribution in [2.75, 3.05) is 7.11 Å². The van der Waals surface area contributed by atoms with Crippen LogP contribution in [-0.4, -0.2) is 7.11 Å². The van der Waals surface area contributed by atoms with Crippen LogP contribution in [0.1, 0.15) is 16.9 Å². The van der Waals surface area contributed by atoms with Gasteiger partial charge in [0.05, 0.1) is 13.4 Å². The lowest BCUT2D eigenvalue weighted by Crippen LogP contribution is -2.80. The summed E-state index contributed by atoms with van der Waals surface area (Å²) in [6, 6.07) is 15.1. The Morgan fingerprint density at radius 2 is 1.88 bits per heavy atom. The number of rotatable bonds is 8. The lowest BCUT2D eigenvalue weighted by Gasteiger charge is -2.13. The number of quaternary nitrogens is 1. The van der Waals surface area contributed by atoms with E-state index in [1.165, 1.54) is 0 Å². The van der Waals surface area contributed by atoms with Gasteiger partial charge in [-0.15, -0.1) is 0 Å². The topological polar surface area (TPSA) is 48.2 Å². The van der Waals surface area contributed by atoms with Gasteiger partial charge in [0.1, 0.15) is 19.7 Å². The van der Waals surface area contributed by atoms with Crippen LogP contribution < -0.4 is 14.8 Å². The molecule has 0 radical (unpaired) electrons. The molecular weight excluding hydrogens is 373 g/mol. The van der Waals surface area contributed by atoms with Crippen molar-refractivity contribution < 1.29 is 19.2 Å². The SMILES string of the molecule is COc1cc(C[NH2+]Cc2ccco2)ccc1OCc1ccc(Cl)cc1Cl. The Morgan fingerprint density at radius 3 is 2.62 bits per heavy atom. The van der Waals surface area contributed by atoms with Crippen molar-refractivity contribution in [2.45, 2.75) is 19.7 Å². The van der Waals surface area contributed by atoms with Gasteiger partial charge in [-0.3, -0.25) is 0 Å². The summed E-state index contributed by atoms with van der Waals surface area (Å²) >= 11 is 12.1. The molecule has 0 atom stereocenters. The molecule has 0 aliphatic heterocycles. The fourth-order valence-electron chi connectivity index (χ4n) is 2.56. The van der Waals surface area contributed by atoms with Crippen molar-refractivity contribution in [1.82, 2.24) is 0 Å². The second-order valence-corrected chi connectivity index (χ2v) is 6.63. The van der Waals surface area contributed by atoms with Crippen molar-refractivity contribution in [1.29, 1.82) is 0 Å². The Kier molecular flexibility index (Phi) is 6.45. The van der Waals surface area contributed by atoms with Gasteiger partial charge in [0.15, 0.2) is 17.3 Å².